The molecule has 0 fully saturated rings. The van der Waals surface area contributed by atoms with E-state index in [9.17, 15) is 27.1 Å². The molecule has 230 valence electrons. The second-order valence-electron chi connectivity index (χ2n) is 10.3. The molecular formula is C28H30F5N7O3. The zero-order valence-corrected chi connectivity index (χ0v) is 23.8. The Morgan fingerprint density at radius 1 is 1.14 bits per heavy atom. The van der Waals surface area contributed by atoms with Gasteiger partial charge in [0.05, 0.1) is 41.0 Å². The van der Waals surface area contributed by atoms with Crippen LogP contribution in [0.5, 0.6) is 5.75 Å². The monoisotopic (exact) mass is 607 g/mol. The highest BCUT2D eigenvalue weighted by atomic mass is 19.4. The van der Waals surface area contributed by atoms with Gasteiger partial charge in [-0.15, -0.1) is 0 Å². The standard InChI is InChI=1S/C28H30F5N7O3/c1-14-25(24-15(2)38-43-16(24)3)36-26(37-27(14)39-10-17-8-35-40(12-23(29)30)22(17)11-39)20-7-19(42-13-18(41)9-34-4)5-6-21(20)28(31,32)33/h5-8,18,23,34,41H,9-13H2,1-4H3/t18-/m1/s1. The van der Waals surface area contributed by atoms with Crippen molar-refractivity contribution in [2.24, 2.45) is 0 Å². The molecule has 0 saturated carbocycles. The molecule has 1 atom stereocenters. The molecule has 0 spiro atoms. The number of aromatic nitrogens is 5. The molecule has 5 rings (SSSR count). The number of hydrogen-bond acceptors (Lipinski definition) is 9. The van der Waals surface area contributed by atoms with E-state index < -0.39 is 30.8 Å². The number of hydrogen-bond donors (Lipinski definition) is 2. The number of nitrogens with zero attached hydrogens (tertiary/aromatic N) is 6. The molecule has 1 aliphatic rings. The van der Waals surface area contributed by atoms with Gasteiger partial charge >= 0.3 is 6.18 Å². The van der Waals surface area contributed by atoms with E-state index in [0.717, 1.165) is 6.07 Å². The fourth-order valence-corrected chi connectivity index (χ4v) is 5.17. The Kier molecular flexibility index (Phi) is 8.38. The normalized spacial score (nSPS) is 14.1. The van der Waals surface area contributed by atoms with Gasteiger partial charge in [-0.25, -0.2) is 18.7 Å². The topological polar surface area (TPSA) is 114 Å². The van der Waals surface area contributed by atoms with E-state index in [-0.39, 0.29) is 43.4 Å². The highest BCUT2D eigenvalue weighted by molar-refractivity contribution is 5.76. The van der Waals surface area contributed by atoms with Crippen molar-refractivity contribution in [3.05, 3.63) is 58.2 Å². The zero-order chi connectivity index (χ0) is 31.1. The summed E-state index contributed by atoms with van der Waals surface area (Å²) in [4.78, 5) is 11.0. The molecule has 0 aliphatic carbocycles. The second-order valence-corrected chi connectivity index (χ2v) is 10.3. The predicted molar refractivity (Wildman–Crippen MR) is 146 cm³/mol. The molecular weight excluding hydrogens is 577 g/mol. The Morgan fingerprint density at radius 2 is 1.91 bits per heavy atom. The lowest BCUT2D eigenvalue weighted by Crippen LogP contribution is -2.29. The van der Waals surface area contributed by atoms with Crippen molar-refractivity contribution in [1.29, 1.82) is 0 Å². The molecule has 0 amide bonds. The molecule has 0 unspecified atom stereocenters. The van der Waals surface area contributed by atoms with E-state index in [1.165, 1.54) is 23.0 Å². The summed E-state index contributed by atoms with van der Waals surface area (Å²) in [6.07, 6.45) is -6.73. The molecule has 0 bridgehead atoms. The van der Waals surface area contributed by atoms with E-state index >= 15 is 0 Å². The van der Waals surface area contributed by atoms with Gasteiger partial charge in [-0.3, -0.25) is 4.68 Å². The zero-order valence-electron chi connectivity index (χ0n) is 23.8. The summed E-state index contributed by atoms with van der Waals surface area (Å²) in [7, 11) is 1.65. The minimum Gasteiger partial charge on any atom is -0.491 e. The van der Waals surface area contributed by atoms with E-state index in [2.05, 4.69) is 25.5 Å². The molecule has 1 aromatic carbocycles. The van der Waals surface area contributed by atoms with E-state index in [0.29, 0.717) is 45.4 Å². The Bertz CT molecular complexity index is 1600. The molecule has 4 aromatic rings. The molecule has 0 radical (unpaired) electrons. The van der Waals surface area contributed by atoms with Crippen molar-refractivity contribution in [3.63, 3.8) is 0 Å². The highest BCUT2D eigenvalue weighted by Crippen LogP contribution is 2.41. The van der Waals surface area contributed by atoms with Crippen molar-refractivity contribution in [1.82, 2.24) is 30.2 Å². The third-order valence-corrected chi connectivity index (χ3v) is 7.16. The van der Waals surface area contributed by atoms with Crippen molar-refractivity contribution in [3.8, 4) is 28.4 Å². The SMILES string of the molecule is CNC[C@@H](O)COc1ccc(C(F)(F)F)c(-c2nc(-c3c(C)noc3C)c(C)c(N3Cc4cnn(CC(F)F)c4C3)n2)c1. The summed E-state index contributed by atoms with van der Waals surface area (Å²) >= 11 is 0. The fraction of sp³-hybridized carbons (Fsp3) is 0.429. The molecule has 43 heavy (non-hydrogen) atoms. The first-order valence-electron chi connectivity index (χ1n) is 13.4. The number of alkyl halides is 5. The average Bonchev–Trinajstić information content (AvgIpc) is 3.62. The average molecular weight is 608 g/mol. The van der Waals surface area contributed by atoms with Gasteiger partial charge in [-0.1, -0.05) is 5.16 Å². The van der Waals surface area contributed by atoms with Crippen LogP contribution in [0.2, 0.25) is 0 Å². The van der Waals surface area contributed by atoms with Gasteiger partial charge in [0.2, 0.25) is 0 Å². The summed E-state index contributed by atoms with van der Waals surface area (Å²) in [6.45, 7) is 5.03. The summed E-state index contributed by atoms with van der Waals surface area (Å²) in [5, 5.41) is 20.9. The first-order chi connectivity index (χ1) is 20.4. The maximum atomic E-state index is 14.3. The molecule has 0 saturated heterocycles. The number of likely N-dealkylation sites (N-methyl/N-ethyl adjacent to an activating group) is 1. The Morgan fingerprint density at radius 3 is 2.56 bits per heavy atom. The second kappa shape index (κ2) is 11.9. The van der Waals surface area contributed by atoms with Crippen LogP contribution in [0.25, 0.3) is 22.6 Å². The number of aliphatic hydroxyl groups excluding tert-OH is 1. The first kappa shape index (κ1) is 30.4. The van der Waals surface area contributed by atoms with Crippen molar-refractivity contribution >= 4 is 5.82 Å². The highest BCUT2D eigenvalue weighted by Gasteiger charge is 2.36. The third kappa shape index (κ3) is 6.18. The maximum absolute atomic E-state index is 14.3. The number of benzene rings is 1. The largest absolute Gasteiger partial charge is 0.491 e. The van der Waals surface area contributed by atoms with Crippen LogP contribution >= 0.6 is 0 Å². The number of aliphatic hydroxyl groups is 1. The molecule has 2 N–H and O–H groups in total. The molecule has 4 heterocycles. The van der Waals surface area contributed by atoms with Crippen molar-refractivity contribution in [2.45, 2.75) is 59.1 Å². The Balaban J connectivity index is 1.65. The third-order valence-electron chi connectivity index (χ3n) is 7.16. The first-order valence-corrected chi connectivity index (χ1v) is 13.4. The lowest BCUT2D eigenvalue weighted by Gasteiger charge is -2.23. The van der Waals surface area contributed by atoms with Gasteiger partial charge in [0.1, 0.15) is 36.6 Å². The number of rotatable bonds is 10. The number of halogens is 5. The van der Waals surface area contributed by atoms with E-state index in [1.54, 1.807) is 32.7 Å². The van der Waals surface area contributed by atoms with Gasteiger partial charge in [-0.05, 0) is 46.0 Å². The molecule has 1 aliphatic heterocycles. The van der Waals surface area contributed by atoms with Gasteiger partial charge in [0, 0.05) is 29.8 Å². The van der Waals surface area contributed by atoms with Crippen LogP contribution in [0.15, 0.2) is 28.9 Å². The summed E-state index contributed by atoms with van der Waals surface area (Å²) < 4.78 is 81.4. The minimum atomic E-state index is -4.75. The summed E-state index contributed by atoms with van der Waals surface area (Å²) in [5.41, 5.74) is 1.85. The van der Waals surface area contributed by atoms with Gasteiger partial charge in [-0.2, -0.15) is 18.3 Å². The quantitative estimate of drug-likeness (QED) is 0.248. The van der Waals surface area contributed by atoms with Crippen LogP contribution in [0.1, 0.15) is 33.8 Å². The van der Waals surface area contributed by atoms with Crippen molar-refractivity contribution < 1.29 is 36.3 Å². The van der Waals surface area contributed by atoms with Gasteiger partial charge in [0.15, 0.2) is 5.82 Å². The van der Waals surface area contributed by atoms with E-state index in [1.807, 2.05) is 0 Å². The van der Waals surface area contributed by atoms with Crippen LogP contribution in [-0.4, -0.2) is 62.7 Å². The van der Waals surface area contributed by atoms with Crippen LogP contribution in [0.4, 0.5) is 27.8 Å². The summed E-state index contributed by atoms with van der Waals surface area (Å²) in [6, 6.07) is 3.26. The summed E-state index contributed by atoms with van der Waals surface area (Å²) in [5.74, 6) is 0.599. The van der Waals surface area contributed by atoms with Crippen molar-refractivity contribution in [2.75, 3.05) is 25.1 Å². The smallest absolute Gasteiger partial charge is 0.417 e. The van der Waals surface area contributed by atoms with Crippen LogP contribution in [-0.2, 0) is 25.8 Å². The number of anilines is 1. The molecule has 10 nitrogen and oxygen atoms in total. The van der Waals surface area contributed by atoms with Crippen LogP contribution in [0.3, 0.4) is 0 Å². The fourth-order valence-electron chi connectivity index (χ4n) is 5.17. The number of aryl methyl sites for hydroxylation is 2. The number of fused-ring (bicyclic) bond motifs is 1. The predicted octanol–water partition coefficient (Wildman–Crippen LogP) is 4.68. The lowest BCUT2D eigenvalue weighted by molar-refractivity contribution is -0.137. The van der Waals surface area contributed by atoms with Crippen LogP contribution < -0.4 is 15.0 Å². The number of nitrogens with one attached hydrogen (secondary N) is 1. The Hall–Kier alpha value is -4.11. The minimum absolute atomic E-state index is 0.0865. The molecule has 3 aromatic heterocycles. The van der Waals surface area contributed by atoms with Gasteiger partial charge < -0.3 is 24.6 Å². The maximum Gasteiger partial charge on any atom is 0.417 e. The van der Waals surface area contributed by atoms with Crippen LogP contribution in [0, 0.1) is 20.8 Å². The lowest BCUT2D eigenvalue weighted by atomic mass is 10.0. The molecule has 15 heteroatoms. The van der Waals surface area contributed by atoms with E-state index in [4.69, 9.17) is 9.26 Å². The Labute approximate surface area is 243 Å². The van der Waals surface area contributed by atoms with Gasteiger partial charge in [0.25, 0.3) is 6.43 Å². The number of ether oxygens (including phenoxy) is 1.